The molecule has 0 saturated carbocycles. The summed E-state index contributed by atoms with van der Waals surface area (Å²) in [7, 11) is 0. The molecule has 1 aromatic rings. The Morgan fingerprint density at radius 1 is 1.36 bits per heavy atom. The first kappa shape index (κ1) is 9.21. The molecule has 14 heavy (non-hydrogen) atoms. The van der Waals surface area contributed by atoms with Crippen LogP contribution in [-0.2, 0) is 0 Å². The lowest BCUT2D eigenvalue weighted by Crippen LogP contribution is -2.33. The van der Waals surface area contributed by atoms with E-state index in [0.717, 1.165) is 0 Å². The summed E-state index contributed by atoms with van der Waals surface area (Å²) in [6.45, 7) is 0.373. The predicted molar refractivity (Wildman–Crippen MR) is 54.0 cm³/mol. The minimum atomic E-state index is -0.537. The van der Waals surface area contributed by atoms with Gasteiger partial charge in [-0.3, -0.25) is 14.5 Å². The summed E-state index contributed by atoms with van der Waals surface area (Å²) in [5, 5.41) is -0.537. The molecule has 3 nitrogen and oxygen atoms in total. The molecule has 1 heterocycles. The minimum Gasteiger partial charge on any atom is -0.298 e. The van der Waals surface area contributed by atoms with Crippen molar-refractivity contribution in [1.82, 2.24) is 0 Å². The molecule has 0 atom stereocenters. The van der Waals surface area contributed by atoms with Gasteiger partial charge in [0.1, 0.15) is 0 Å². The number of amides is 1. The van der Waals surface area contributed by atoms with Crippen molar-refractivity contribution in [1.29, 1.82) is 0 Å². The molecule has 2 rings (SSSR count). The van der Waals surface area contributed by atoms with Crippen molar-refractivity contribution in [3.63, 3.8) is 0 Å². The summed E-state index contributed by atoms with van der Waals surface area (Å²) in [6, 6.07) is 7.00. The Morgan fingerprint density at radius 2 is 2.07 bits per heavy atom. The molecule has 0 spiro atoms. The number of carbonyl (C=O) groups is 2. The first-order valence-electron chi connectivity index (χ1n) is 4.29. The second-order valence-electron chi connectivity index (χ2n) is 3.09. The number of benzene rings is 1. The van der Waals surface area contributed by atoms with E-state index in [4.69, 9.17) is 11.6 Å². The van der Waals surface area contributed by atoms with E-state index in [1.54, 1.807) is 24.3 Å². The number of halogens is 1. The van der Waals surface area contributed by atoms with Gasteiger partial charge in [0.25, 0.3) is 0 Å². The zero-order chi connectivity index (χ0) is 10.1. The van der Waals surface area contributed by atoms with Gasteiger partial charge in [0.15, 0.2) is 5.78 Å². The Morgan fingerprint density at radius 3 is 2.79 bits per heavy atom. The molecule has 0 aliphatic carbocycles. The van der Waals surface area contributed by atoms with Gasteiger partial charge in [-0.15, -0.1) is 0 Å². The SMILES string of the molecule is O=C1CCN(C(=O)Cl)c2ccccc21. The number of hydrogen-bond donors (Lipinski definition) is 0. The topological polar surface area (TPSA) is 37.4 Å². The van der Waals surface area contributed by atoms with Crippen LogP contribution in [0.4, 0.5) is 10.5 Å². The second kappa shape index (κ2) is 3.42. The Kier molecular flexibility index (Phi) is 2.25. The number of hydrogen-bond acceptors (Lipinski definition) is 2. The molecule has 0 unspecified atom stereocenters. The fraction of sp³-hybridized carbons (Fsp3) is 0.200. The number of para-hydroxylation sites is 1. The molecule has 1 aliphatic rings. The summed E-state index contributed by atoms with van der Waals surface area (Å²) in [5.41, 5.74) is 1.19. The highest BCUT2D eigenvalue weighted by Crippen LogP contribution is 2.27. The van der Waals surface area contributed by atoms with Crippen molar-refractivity contribution < 1.29 is 9.59 Å². The van der Waals surface area contributed by atoms with E-state index in [1.165, 1.54) is 4.90 Å². The fourth-order valence-electron chi connectivity index (χ4n) is 1.60. The largest absolute Gasteiger partial charge is 0.320 e. The third kappa shape index (κ3) is 1.40. The maximum atomic E-state index is 11.5. The van der Waals surface area contributed by atoms with Crippen LogP contribution in [0.1, 0.15) is 16.8 Å². The Bertz CT molecular complexity index is 403. The average molecular weight is 210 g/mol. The van der Waals surface area contributed by atoms with E-state index in [2.05, 4.69) is 0 Å². The van der Waals surface area contributed by atoms with Crippen LogP contribution in [-0.4, -0.2) is 17.7 Å². The number of nitrogens with zero attached hydrogens (tertiary/aromatic N) is 1. The van der Waals surface area contributed by atoms with E-state index in [0.29, 0.717) is 24.2 Å². The van der Waals surface area contributed by atoms with Crippen LogP contribution >= 0.6 is 11.6 Å². The molecule has 0 saturated heterocycles. The predicted octanol–water partition coefficient (Wildman–Crippen LogP) is 2.44. The third-order valence-electron chi connectivity index (χ3n) is 2.27. The van der Waals surface area contributed by atoms with Crippen molar-refractivity contribution in [2.45, 2.75) is 6.42 Å². The Hall–Kier alpha value is -1.35. The van der Waals surface area contributed by atoms with Gasteiger partial charge >= 0.3 is 5.37 Å². The summed E-state index contributed by atoms with van der Waals surface area (Å²) >= 11 is 5.41. The van der Waals surface area contributed by atoms with Crippen LogP contribution in [0.2, 0.25) is 0 Å². The molecule has 1 aromatic carbocycles. The van der Waals surface area contributed by atoms with Gasteiger partial charge in [-0.1, -0.05) is 12.1 Å². The van der Waals surface area contributed by atoms with Gasteiger partial charge in [0.2, 0.25) is 0 Å². The molecule has 1 aliphatic heterocycles. The van der Waals surface area contributed by atoms with Crippen molar-refractivity contribution in [2.24, 2.45) is 0 Å². The average Bonchev–Trinajstić information content (AvgIpc) is 2.18. The van der Waals surface area contributed by atoms with E-state index >= 15 is 0 Å². The molecule has 72 valence electrons. The number of Topliss-reactive ketones (excluding diaryl/α,β-unsaturated/α-hetero) is 1. The Labute approximate surface area is 86.3 Å². The molecule has 0 aromatic heterocycles. The maximum Gasteiger partial charge on any atom is 0.320 e. The van der Waals surface area contributed by atoms with Crippen LogP contribution in [0, 0.1) is 0 Å². The second-order valence-corrected chi connectivity index (χ2v) is 3.42. The summed E-state index contributed by atoms with van der Waals surface area (Å²) in [4.78, 5) is 23.9. The summed E-state index contributed by atoms with van der Waals surface area (Å²) in [6.07, 6.45) is 0.343. The fourth-order valence-corrected chi connectivity index (χ4v) is 1.77. The number of ketones is 1. The smallest absolute Gasteiger partial charge is 0.298 e. The lowest BCUT2D eigenvalue weighted by atomic mass is 10.0. The van der Waals surface area contributed by atoms with Gasteiger partial charge < -0.3 is 0 Å². The lowest BCUT2D eigenvalue weighted by molar-refractivity contribution is 0.0981. The lowest BCUT2D eigenvalue weighted by Gasteiger charge is -2.26. The van der Waals surface area contributed by atoms with Gasteiger partial charge in [-0.25, -0.2) is 0 Å². The van der Waals surface area contributed by atoms with Crippen LogP contribution in [0.3, 0.4) is 0 Å². The normalized spacial score (nSPS) is 15.2. The number of fused-ring (bicyclic) bond motifs is 1. The van der Waals surface area contributed by atoms with Crippen molar-refractivity contribution in [2.75, 3.05) is 11.4 Å². The molecule has 4 heteroatoms. The third-order valence-corrected chi connectivity index (χ3v) is 2.47. The molecule has 0 N–H and O–H groups in total. The van der Waals surface area contributed by atoms with Crippen LogP contribution < -0.4 is 4.90 Å². The highest BCUT2D eigenvalue weighted by atomic mass is 35.5. The monoisotopic (exact) mass is 209 g/mol. The van der Waals surface area contributed by atoms with Gasteiger partial charge in [0.05, 0.1) is 5.69 Å². The molecule has 0 bridgehead atoms. The molecular formula is C10H8ClNO2. The van der Waals surface area contributed by atoms with Crippen molar-refractivity contribution in [3.8, 4) is 0 Å². The quantitative estimate of drug-likeness (QED) is 0.486. The molecule has 0 fully saturated rings. The van der Waals surface area contributed by atoms with Gasteiger partial charge in [0, 0.05) is 18.5 Å². The summed E-state index contributed by atoms with van der Waals surface area (Å²) < 4.78 is 0. The number of carbonyl (C=O) groups excluding carboxylic acids is 2. The van der Waals surface area contributed by atoms with E-state index in [9.17, 15) is 9.59 Å². The Balaban J connectivity index is 2.52. The molecule has 0 radical (unpaired) electrons. The minimum absolute atomic E-state index is 0.0646. The van der Waals surface area contributed by atoms with E-state index in [-0.39, 0.29) is 5.78 Å². The van der Waals surface area contributed by atoms with Gasteiger partial charge in [-0.05, 0) is 23.7 Å². The molecular weight excluding hydrogens is 202 g/mol. The maximum absolute atomic E-state index is 11.5. The molecule has 1 amide bonds. The van der Waals surface area contributed by atoms with Crippen LogP contribution in [0.15, 0.2) is 24.3 Å². The van der Waals surface area contributed by atoms with Gasteiger partial charge in [-0.2, -0.15) is 0 Å². The zero-order valence-electron chi connectivity index (χ0n) is 7.37. The number of anilines is 1. The standard InChI is InChI=1S/C10H8ClNO2/c11-10(14)12-6-5-9(13)7-3-1-2-4-8(7)12/h1-4H,5-6H2. The van der Waals surface area contributed by atoms with Crippen molar-refractivity contribution in [3.05, 3.63) is 29.8 Å². The zero-order valence-corrected chi connectivity index (χ0v) is 8.12. The van der Waals surface area contributed by atoms with Crippen LogP contribution in [0.5, 0.6) is 0 Å². The first-order chi connectivity index (χ1) is 6.70. The van der Waals surface area contributed by atoms with Crippen LogP contribution in [0.25, 0.3) is 0 Å². The number of rotatable bonds is 0. The summed E-state index contributed by atoms with van der Waals surface area (Å²) in [5.74, 6) is 0.0646. The van der Waals surface area contributed by atoms with E-state index < -0.39 is 5.37 Å². The highest BCUT2D eigenvalue weighted by molar-refractivity contribution is 6.66. The highest BCUT2D eigenvalue weighted by Gasteiger charge is 2.25. The first-order valence-corrected chi connectivity index (χ1v) is 4.67. The van der Waals surface area contributed by atoms with Crippen molar-refractivity contribution >= 4 is 28.4 Å². The van der Waals surface area contributed by atoms with E-state index in [1.807, 2.05) is 0 Å².